The molecule has 10 heteroatoms. The maximum atomic E-state index is 12.0. The van der Waals surface area contributed by atoms with Crippen molar-refractivity contribution < 1.29 is 19.1 Å². The maximum Gasteiger partial charge on any atom is 0.412 e. The number of hydrogen-bond donors (Lipinski definition) is 3. The predicted octanol–water partition coefficient (Wildman–Crippen LogP) is 4.59. The van der Waals surface area contributed by atoms with E-state index in [1.807, 2.05) is 51.2 Å². The summed E-state index contributed by atoms with van der Waals surface area (Å²) in [6.07, 6.45) is 1.35. The van der Waals surface area contributed by atoms with Crippen LogP contribution in [-0.2, 0) is 4.74 Å². The number of benzene rings is 2. The summed E-state index contributed by atoms with van der Waals surface area (Å²) in [4.78, 5) is 27.9. The van der Waals surface area contributed by atoms with Crippen LogP contribution in [-0.4, -0.2) is 39.3 Å². The summed E-state index contributed by atoms with van der Waals surface area (Å²) in [5, 5.41) is 10.3. The summed E-state index contributed by atoms with van der Waals surface area (Å²) in [7, 11) is 1.50. The highest BCUT2D eigenvalue weighted by Crippen LogP contribution is 2.28. The van der Waals surface area contributed by atoms with E-state index in [0.29, 0.717) is 34.3 Å². The Hall–Kier alpha value is -4.60. The topological polar surface area (TPSA) is 133 Å². The molecule has 0 bridgehead atoms. The molecule has 4 rings (SSSR count). The van der Waals surface area contributed by atoms with Crippen LogP contribution in [0.1, 0.15) is 31.1 Å². The van der Waals surface area contributed by atoms with Gasteiger partial charge in [0.15, 0.2) is 5.65 Å². The number of methoxy groups -OCH3 is 1. The zero-order valence-corrected chi connectivity index (χ0v) is 19.8. The minimum absolute atomic E-state index is 0.340. The van der Waals surface area contributed by atoms with Gasteiger partial charge in [-0.1, -0.05) is 12.1 Å². The van der Waals surface area contributed by atoms with Crippen molar-refractivity contribution in [3.05, 3.63) is 66.4 Å². The lowest BCUT2D eigenvalue weighted by atomic mass is 10.1. The third kappa shape index (κ3) is 5.67. The molecule has 0 aliphatic heterocycles. The largest absolute Gasteiger partial charge is 0.495 e. The molecule has 180 valence electrons. The van der Waals surface area contributed by atoms with Gasteiger partial charge in [-0.05, 0) is 68.8 Å². The first-order chi connectivity index (χ1) is 16.6. The van der Waals surface area contributed by atoms with Crippen LogP contribution in [0.15, 0.2) is 60.8 Å². The van der Waals surface area contributed by atoms with Gasteiger partial charge in [-0.15, -0.1) is 5.10 Å². The molecule has 2 amide bonds. The Morgan fingerprint density at radius 3 is 2.37 bits per heavy atom. The van der Waals surface area contributed by atoms with E-state index < -0.39 is 17.6 Å². The molecule has 10 nitrogen and oxygen atoms in total. The number of amides is 2. The van der Waals surface area contributed by atoms with Crippen LogP contribution < -0.4 is 21.1 Å². The number of rotatable bonds is 6. The molecule has 0 atom stereocenters. The summed E-state index contributed by atoms with van der Waals surface area (Å²) >= 11 is 0. The average molecular weight is 475 g/mol. The number of pyridine rings is 1. The van der Waals surface area contributed by atoms with E-state index in [-0.39, 0.29) is 0 Å². The van der Waals surface area contributed by atoms with Gasteiger partial charge in [0, 0.05) is 23.0 Å². The van der Waals surface area contributed by atoms with Gasteiger partial charge in [0.05, 0.1) is 12.8 Å². The van der Waals surface area contributed by atoms with Gasteiger partial charge in [0.2, 0.25) is 11.9 Å². The number of anilines is 3. The Morgan fingerprint density at radius 2 is 1.71 bits per heavy atom. The minimum Gasteiger partial charge on any atom is -0.495 e. The molecule has 0 radical (unpaired) electrons. The van der Waals surface area contributed by atoms with Gasteiger partial charge in [-0.3, -0.25) is 10.1 Å². The van der Waals surface area contributed by atoms with Crippen LogP contribution in [0.5, 0.6) is 5.75 Å². The number of carbonyl (C=O) groups excluding carboxylic acids is 2. The summed E-state index contributed by atoms with van der Waals surface area (Å²) in [6, 6.07) is 16.0. The fourth-order valence-corrected chi connectivity index (χ4v) is 3.34. The Balaban J connectivity index is 1.51. The number of aromatic nitrogens is 3. The molecular weight excluding hydrogens is 448 g/mol. The molecule has 0 spiro atoms. The molecule has 2 aromatic heterocycles. The van der Waals surface area contributed by atoms with E-state index in [1.54, 1.807) is 34.8 Å². The highest BCUT2D eigenvalue weighted by Gasteiger charge is 2.16. The zero-order valence-electron chi connectivity index (χ0n) is 19.8. The lowest BCUT2D eigenvalue weighted by Crippen LogP contribution is -2.27. The molecule has 4 N–H and O–H groups in total. The van der Waals surface area contributed by atoms with Crippen LogP contribution in [0.2, 0.25) is 0 Å². The van der Waals surface area contributed by atoms with Gasteiger partial charge in [0.25, 0.3) is 0 Å². The number of carbonyl (C=O) groups is 2. The molecular formula is C25H26N6O4. The van der Waals surface area contributed by atoms with Crippen molar-refractivity contribution in [2.24, 2.45) is 5.73 Å². The van der Waals surface area contributed by atoms with Crippen molar-refractivity contribution in [3.8, 4) is 16.9 Å². The molecule has 0 saturated heterocycles. The predicted molar refractivity (Wildman–Crippen MR) is 133 cm³/mol. The zero-order chi connectivity index (χ0) is 25.2. The fraction of sp³-hybridized carbons (Fsp3) is 0.200. The van der Waals surface area contributed by atoms with Crippen LogP contribution >= 0.6 is 0 Å². The van der Waals surface area contributed by atoms with E-state index in [1.165, 1.54) is 7.11 Å². The number of primary amides is 1. The molecule has 0 aliphatic carbocycles. The fourth-order valence-electron chi connectivity index (χ4n) is 3.34. The summed E-state index contributed by atoms with van der Waals surface area (Å²) in [5.74, 6) is 0.270. The lowest BCUT2D eigenvalue weighted by Gasteiger charge is -2.19. The normalized spacial score (nSPS) is 11.2. The standard InChI is InChI=1S/C25H26N6O4/c1-25(2,3)35-24(33)27-18-9-5-15(6-10-18)17-8-12-21-29-23(30-31(21)14-17)28-19-11-7-16(22(26)32)13-20(19)34-4/h5-14H,1-4H3,(H2,26,32)(H,27,33)(H,28,30). The third-order valence-corrected chi connectivity index (χ3v) is 4.93. The van der Waals surface area contributed by atoms with Crippen LogP contribution in [0.25, 0.3) is 16.8 Å². The Labute approximate surface area is 202 Å². The lowest BCUT2D eigenvalue weighted by molar-refractivity contribution is 0.0635. The Bertz CT molecular complexity index is 1390. The molecule has 35 heavy (non-hydrogen) atoms. The summed E-state index contributed by atoms with van der Waals surface area (Å²) in [6.45, 7) is 5.44. The van der Waals surface area contributed by atoms with Gasteiger partial charge >= 0.3 is 6.09 Å². The first kappa shape index (κ1) is 23.6. The van der Waals surface area contributed by atoms with E-state index in [9.17, 15) is 9.59 Å². The molecule has 0 fully saturated rings. The smallest absolute Gasteiger partial charge is 0.412 e. The number of hydrogen-bond acceptors (Lipinski definition) is 7. The third-order valence-electron chi connectivity index (χ3n) is 4.93. The van der Waals surface area contributed by atoms with E-state index in [4.69, 9.17) is 15.2 Å². The minimum atomic E-state index is -0.566. The van der Waals surface area contributed by atoms with Crippen LogP contribution in [0, 0.1) is 0 Å². The molecule has 2 heterocycles. The SMILES string of the molecule is COc1cc(C(N)=O)ccc1Nc1nc2ccc(-c3ccc(NC(=O)OC(C)(C)C)cc3)cn2n1. The number of ether oxygens (including phenoxy) is 2. The van der Waals surface area contributed by atoms with Crippen LogP contribution in [0.4, 0.5) is 22.1 Å². The van der Waals surface area contributed by atoms with Crippen molar-refractivity contribution in [2.45, 2.75) is 26.4 Å². The van der Waals surface area contributed by atoms with E-state index in [2.05, 4.69) is 20.7 Å². The van der Waals surface area contributed by atoms with E-state index in [0.717, 1.165) is 11.1 Å². The number of nitrogens with two attached hydrogens (primary N) is 1. The highest BCUT2D eigenvalue weighted by atomic mass is 16.6. The first-order valence-electron chi connectivity index (χ1n) is 10.8. The highest BCUT2D eigenvalue weighted by molar-refractivity contribution is 5.94. The average Bonchev–Trinajstić information content (AvgIpc) is 3.20. The second kappa shape index (κ2) is 9.34. The number of nitrogens with one attached hydrogen (secondary N) is 2. The molecule has 4 aromatic rings. The van der Waals surface area contributed by atoms with Gasteiger partial charge < -0.3 is 20.5 Å². The molecule has 0 aliphatic rings. The van der Waals surface area contributed by atoms with Gasteiger partial charge in [0.1, 0.15) is 11.4 Å². The first-order valence-corrected chi connectivity index (χ1v) is 10.8. The molecule has 0 saturated carbocycles. The van der Waals surface area contributed by atoms with Crippen molar-refractivity contribution in [1.29, 1.82) is 0 Å². The van der Waals surface area contributed by atoms with Crippen molar-refractivity contribution in [1.82, 2.24) is 14.6 Å². The van der Waals surface area contributed by atoms with E-state index >= 15 is 0 Å². The van der Waals surface area contributed by atoms with Crippen molar-refractivity contribution in [2.75, 3.05) is 17.7 Å². The quantitative estimate of drug-likeness (QED) is 0.372. The van der Waals surface area contributed by atoms with Crippen molar-refractivity contribution in [3.63, 3.8) is 0 Å². The molecule has 0 unspecified atom stereocenters. The monoisotopic (exact) mass is 474 g/mol. The van der Waals surface area contributed by atoms with Gasteiger partial charge in [-0.2, -0.15) is 4.98 Å². The maximum absolute atomic E-state index is 12.0. The molecule has 2 aromatic carbocycles. The van der Waals surface area contributed by atoms with Crippen molar-refractivity contribution >= 4 is 35.0 Å². The number of fused-ring (bicyclic) bond motifs is 1. The Morgan fingerprint density at radius 1 is 1.00 bits per heavy atom. The second-order valence-electron chi connectivity index (χ2n) is 8.76. The summed E-state index contributed by atoms with van der Waals surface area (Å²) < 4.78 is 12.3. The van der Waals surface area contributed by atoms with Crippen LogP contribution in [0.3, 0.4) is 0 Å². The number of nitrogens with zero attached hydrogens (tertiary/aromatic N) is 3. The summed E-state index contributed by atoms with van der Waals surface area (Å²) in [5.41, 5.74) is 8.85. The van der Waals surface area contributed by atoms with Gasteiger partial charge in [-0.25, -0.2) is 9.31 Å². The Kier molecular flexibility index (Phi) is 6.28. The second-order valence-corrected chi connectivity index (χ2v) is 8.76.